The van der Waals surface area contributed by atoms with E-state index in [1.807, 2.05) is 0 Å². The van der Waals surface area contributed by atoms with Crippen molar-refractivity contribution < 1.29 is 4.74 Å². The van der Waals surface area contributed by atoms with Crippen LogP contribution < -0.4 is 0 Å². The second kappa shape index (κ2) is 9.60. The fraction of sp³-hybridized carbons (Fsp3) is 0.500. The van der Waals surface area contributed by atoms with Crippen LogP contribution in [0.3, 0.4) is 0 Å². The minimum absolute atomic E-state index is 0.234. The Hall–Kier alpha value is -1.38. The molecule has 1 aliphatic rings. The molecule has 0 fully saturated rings. The quantitative estimate of drug-likeness (QED) is 0.664. The van der Waals surface area contributed by atoms with Crippen molar-refractivity contribution in [2.75, 3.05) is 26.2 Å². The molecule has 0 amide bonds. The van der Waals surface area contributed by atoms with E-state index < -0.39 is 0 Å². The second-order valence-electron chi connectivity index (χ2n) is 5.87. The number of rotatable bonds is 9. The van der Waals surface area contributed by atoms with Crippen LogP contribution in [0.1, 0.15) is 38.7 Å². The molecule has 0 bridgehead atoms. The fourth-order valence-corrected chi connectivity index (χ4v) is 2.87. The Kier molecular flexibility index (Phi) is 7.41. The summed E-state index contributed by atoms with van der Waals surface area (Å²) in [6.07, 6.45) is 10.3. The molecule has 1 unspecified atom stereocenters. The van der Waals surface area contributed by atoms with E-state index >= 15 is 0 Å². The molecule has 0 N–H and O–H groups in total. The third kappa shape index (κ3) is 5.43. The van der Waals surface area contributed by atoms with Gasteiger partial charge in [-0.15, -0.1) is 0 Å². The van der Waals surface area contributed by atoms with Crippen molar-refractivity contribution in [2.24, 2.45) is 0 Å². The highest BCUT2D eigenvalue weighted by Crippen LogP contribution is 2.22. The maximum absolute atomic E-state index is 6.02. The van der Waals surface area contributed by atoms with Crippen molar-refractivity contribution in [1.82, 2.24) is 4.90 Å². The van der Waals surface area contributed by atoms with Gasteiger partial charge in [0, 0.05) is 6.54 Å². The molecule has 0 aromatic heterocycles. The number of hydrogen-bond acceptors (Lipinski definition) is 2. The first-order chi connectivity index (χ1) is 10.8. The zero-order valence-corrected chi connectivity index (χ0v) is 14.0. The van der Waals surface area contributed by atoms with Crippen LogP contribution in [-0.4, -0.2) is 37.2 Å². The molecule has 2 rings (SSSR count). The van der Waals surface area contributed by atoms with E-state index in [4.69, 9.17) is 4.74 Å². The Morgan fingerprint density at radius 1 is 1.05 bits per heavy atom. The van der Waals surface area contributed by atoms with Gasteiger partial charge in [0.25, 0.3) is 0 Å². The van der Waals surface area contributed by atoms with Gasteiger partial charge >= 0.3 is 0 Å². The number of ether oxygens (including phenoxy) is 1. The van der Waals surface area contributed by atoms with Gasteiger partial charge in [-0.05, 0) is 43.5 Å². The summed E-state index contributed by atoms with van der Waals surface area (Å²) >= 11 is 0. The van der Waals surface area contributed by atoms with E-state index in [0.29, 0.717) is 0 Å². The molecule has 0 saturated heterocycles. The number of hydrogen-bond donors (Lipinski definition) is 0. The summed E-state index contributed by atoms with van der Waals surface area (Å²) in [5, 5.41) is 0. The lowest BCUT2D eigenvalue weighted by Gasteiger charge is -2.23. The molecule has 0 heterocycles. The second-order valence-corrected chi connectivity index (χ2v) is 5.87. The van der Waals surface area contributed by atoms with Crippen LogP contribution >= 0.6 is 0 Å². The topological polar surface area (TPSA) is 12.5 Å². The standard InChI is InChI=1S/C20H29NO/c1-3-14-21(15-4-2)16-17-22-20-12-10-19(11-13-20)18-8-6-5-7-9-18/h5-12,20H,3-4,13-17H2,1-2H3. The molecular formula is C20H29NO. The van der Waals surface area contributed by atoms with Crippen molar-refractivity contribution in [3.8, 4) is 0 Å². The molecule has 0 aliphatic heterocycles. The monoisotopic (exact) mass is 299 g/mol. The highest BCUT2D eigenvalue weighted by molar-refractivity contribution is 5.74. The van der Waals surface area contributed by atoms with Gasteiger partial charge in [-0.2, -0.15) is 0 Å². The molecule has 1 aliphatic carbocycles. The van der Waals surface area contributed by atoms with E-state index in [9.17, 15) is 0 Å². The molecule has 2 nitrogen and oxygen atoms in total. The third-order valence-electron chi connectivity index (χ3n) is 3.99. The van der Waals surface area contributed by atoms with Crippen molar-refractivity contribution in [3.05, 3.63) is 54.1 Å². The SMILES string of the molecule is CCCN(CCC)CCOC1C=CC(c2ccccc2)=CC1. The van der Waals surface area contributed by atoms with E-state index in [2.05, 4.69) is 67.3 Å². The van der Waals surface area contributed by atoms with E-state index in [1.54, 1.807) is 0 Å². The van der Waals surface area contributed by atoms with Crippen LogP contribution in [0.4, 0.5) is 0 Å². The van der Waals surface area contributed by atoms with Gasteiger partial charge in [0.05, 0.1) is 12.7 Å². The highest BCUT2D eigenvalue weighted by atomic mass is 16.5. The summed E-state index contributed by atoms with van der Waals surface area (Å²) in [6, 6.07) is 10.5. The fourth-order valence-electron chi connectivity index (χ4n) is 2.87. The molecule has 1 aromatic rings. The molecule has 1 atom stereocenters. The van der Waals surface area contributed by atoms with Crippen LogP contribution in [0.25, 0.3) is 5.57 Å². The zero-order valence-electron chi connectivity index (χ0n) is 14.0. The number of allylic oxidation sites excluding steroid dienone is 2. The predicted molar refractivity (Wildman–Crippen MR) is 94.9 cm³/mol. The molecule has 0 spiro atoms. The molecular weight excluding hydrogens is 270 g/mol. The van der Waals surface area contributed by atoms with E-state index in [0.717, 1.165) is 19.6 Å². The van der Waals surface area contributed by atoms with Gasteiger partial charge in [-0.3, -0.25) is 0 Å². The Balaban J connectivity index is 1.73. The first kappa shape index (κ1) is 17.0. The normalized spacial score (nSPS) is 17.8. The van der Waals surface area contributed by atoms with E-state index in [1.165, 1.54) is 37.1 Å². The summed E-state index contributed by atoms with van der Waals surface area (Å²) in [4.78, 5) is 2.50. The highest BCUT2D eigenvalue weighted by Gasteiger charge is 2.11. The summed E-state index contributed by atoms with van der Waals surface area (Å²) in [6.45, 7) is 8.70. The first-order valence-electron chi connectivity index (χ1n) is 8.61. The minimum Gasteiger partial charge on any atom is -0.372 e. The molecule has 120 valence electrons. The van der Waals surface area contributed by atoms with Crippen LogP contribution in [0.2, 0.25) is 0 Å². The van der Waals surface area contributed by atoms with Crippen molar-refractivity contribution in [1.29, 1.82) is 0 Å². The zero-order chi connectivity index (χ0) is 15.6. The van der Waals surface area contributed by atoms with Gasteiger partial charge in [0.2, 0.25) is 0 Å². The minimum atomic E-state index is 0.234. The number of benzene rings is 1. The molecule has 0 radical (unpaired) electrons. The summed E-state index contributed by atoms with van der Waals surface area (Å²) in [5.41, 5.74) is 2.59. The lowest BCUT2D eigenvalue weighted by atomic mass is 9.98. The maximum Gasteiger partial charge on any atom is 0.0794 e. The summed E-state index contributed by atoms with van der Waals surface area (Å²) in [5.74, 6) is 0. The van der Waals surface area contributed by atoms with Crippen LogP contribution in [-0.2, 0) is 4.74 Å². The lowest BCUT2D eigenvalue weighted by Crippen LogP contribution is -2.30. The summed E-state index contributed by atoms with van der Waals surface area (Å²) in [7, 11) is 0. The lowest BCUT2D eigenvalue weighted by molar-refractivity contribution is 0.0656. The molecule has 2 heteroatoms. The van der Waals surface area contributed by atoms with Crippen LogP contribution in [0, 0.1) is 0 Å². The van der Waals surface area contributed by atoms with Gasteiger partial charge in [0.15, 0.2) is 0 Å². The first-order valence-corrected chi connectivity index (χ1v) is 8.61. The van der Waals surface area contributed by atoms with Gasteiger partial charge in [0.1, 0.15) is 0 Å². The van der Waals surface area contributed by atoms with E-state index in [-0.39, 0.29) is 6.10 Å². The average Bonchev–Trinajstić information content (AvgIpc) is 2.57. The van der Waals surface area contributed by atoms with Gasteiger partial charge in [-0.1, -0.05) is 62.4 Å². The van der Waals surface area contributed by atoms with Gasteiger partial charge < -0.3 is 9.64 Å². The summed E-state index contributed by atoms with van der Waals surface area (Å²) < 4.78 is 6.02. The third-order valence-corrected chi connectivity index (χ3v) is 3.99. The van der Waals surface area contributed by atoms with Crippen molar-refractivity contribution >= 4 is 5.57 Å². The smallest absolute Gasteiger partial charge is 0.0794 e. The van der Waals surface area contributed by atoms with Crippen LogP contribution in [0.5, 0.6) is 0 Å². The largest absolute Gasteiger partial charge is 0.372 e. The van der Waals surface area contributed by atoms with Crippen molar-refractivity contribution in [2.45, 2.75) is 39.2 Å². The Morgan fingerprint density at radius 2 is 1.77 bits per heavy atom. The van der Waals surface area contributed by atoms with Gasteiger partial charge in [-0.25, -0.2) is 0 Å². The number of nitrogens with zero attached hydrogens (tertiary/aromatic N) is 1. The molecule has 1 aromatic carbocycles. The predicted octanol–water partition coefficient (Wildman–Crippen LogP) is 4.54. The maximum atomic E-state index is 6.02. The van der Waals surface area contributed by atoms with Crippen LogP contribution in [0.15, 0.2) is 48.6 Å². The Morgan fingerprint density at radius 3 is 2.36 bits per heavy atom. The molecule has 0 saturated carbocycles. The Labute approximate surface area is 135 Å². The Bertz CT molecular complexity index is 472. The molecule has 22 heavy (non-hydrogen) atoms. The average molecular weight is 299 g/mol. The van der Waals surface area contributed by atoms with Crippen molar-refractivity contribution in [3.63, 3.8) is 0 Å².